The van der Waals surface area contributed by atoms with Crippen molar-refractivity contribution < 1.29 is 19.0 Å². The highest BCUT2D eigenvalue weighted by Gasteiger charge is 2.27. The lowest BCUT2D eigenvalue weighted by Crippen LogP contribution is -2.40. The van der Waals surface area contributed by atoms with Gasteiger partial charge in [0.2, 0.25) is 0 Å². The van der Waals surface area contributed by atoms with Crippen LogP contribution in [0.15, 0.2) is 18.2 Å². The molecule has 2 aromatic rings. The van der Waals surface area contributed by atoms with E-state index in [1.165, 1.54) is 17.8 Å². The number of aromatic nitrogens is 1. The first-order chi connectivity index (χ1) is 15.6. The third kappa shape index (κ3) is 5.24. The predicted octanol–water partition coefficient (Wildman–Crippen LogP) is 3.71. The highest BCUT2D eigenvalue weighted by atomic mass is 32.1. The van der Waals surface area contributed by atoms with E-state index in [1.807, 2.05) is 30.0 Å². The number of ether oxygens (including phenoxy) is 3. The first-order valence-corrected chi connectivity index (χ1v) is 12.2. The van der Waals surface area contributed by atoms with Crippen molar-refractivity contribution in [3.63, 3.8) is 0 Å². The fraction of sp³-hybridized carbons (Fsp3) is 0.583. The molecule has 0 atom stereocenters. The van der Waals surface area contributed by atoms with Gasteiger partial charge in [-0.3, -0.25) is 9.69 Å². The molecule has 2 fully saturated rings. The molecule has 7 nitrogen and oxygen atoms in total. The summed E-state index contributed by atoms with van der Waals surface area (Å²) >= 11 is 1.46. The SMILES string of the molecule is COc1ccc(-c2nc(C)c(C(=O)N3CCC(CCN4CCOCC4)CC3)s2)cc1OC. The summed E-state index contributed by atoms with van der Waals surface area (Å²) in [5, 5.41) is 0.826. The molecule has 3 heterocycles. The van der Waals surface area contributed by atoms with Gasteiger partial charge in [0.05, 0.1) is 33.1 Å². The van der Waals surface area contributed by atoms with E-state index in [9.17, 15) is 4.79 Å². The van der Waals surface area contributed by atoms with E-state index in [0.717, 1.165) is 79.9 Å². The van der Waals surface area contributed by atoms with Gasteiger partial charge in [0.15, 0.2) is 11.5 Å². The molecular weight excluding hydrogens is 426 g/mol. The Morgan fingerprint density at radius 1 is 1.12 bits per heavy atom. The molecule has 0 saturated carbocycles. The van der Waals surface area contributed by atoms with E-state index in [0.29, 0.717) is 17.4 Å². The zero-order chi connectivity index (χ0) is 22.5. The van der Waals surface area contributed by atoms with Crippen molar-refractivity contribution >= 4 is 17.2 Å². The largest absolute Gasteiger partial charge is 0.493 e. The molecule has 1 aromatic heterocycles. The Labute approximate surface area is 194 Å². The second-order valence-corrected chi connectivity index (χ2v) is 9.48. The molecule has 32 heavy (non-hydrogen) atoms. The number of morpholine rings is 1. The highest BCUT2D eigenvalue weighted by Crippen LogP contribution is 2.35. The van der Waals surface area contributed by atoms with Gasteiger partial charge in [-0.15, -0.1) is 11.3 Å². The minimum Gasteiger partial charge on any atom is -0.493 e. The maximum absolute atomic E-state index is 13.2. The average Bonchev–Trinajstić information content (AvgIpc) is 3.24. The molecule has 0 bridgehead atoms. The molecule has 0 N–H and O–H groups in total. The van der Waals surface area contributed by atoms with Gasteiger partial charge in [-0.25, -0.2) is 4.98 Å². The number of likely N-dealkylation sites (tertiary alicyclic amines) is 1. The van der Waals surface area contributed by atoms with E-state index >= 15 is 0 Å². The van der Waals surface area contributed by atoms with Crippen LogP contribution in [0.2, 0.25) is 0 Å². The summed E-state index contributed by atoms with van der Waals surface area (Å²) in [5.74, 6) is 2.15. The van der Waals surface area contributed by atoms with Crippen LogP contribution in [0.4, 0.5) is 0 Å². The smallest absolute Gasteiger partial charge is 0.265 e. The first kappa shape index (κ1) is 23.0. The van der Waals surface area contributed by atoms with Gasteiger partial charge >= 0.3 is 0 Å². The Morgan fingerprint density at radius 3 is 2.53 bits per heavy atom. The van der Waals surface area contributed by atoms with E-state index in [-0.39, 0.29) is 5.91 Å². The van der Waals surface area contributed by atoms with Crippen LogP contribution in [0.3, 0.4) is 0 Å². The van der Waals surface area contributed by atoms with Crippen molar-refractivity contribution in [1.82, 2.24) is 14.8 Å². The second-order valence-electron chi connectivity index (χ2n) is 8.48. The number of thiazole rings is 1. The minimum atomic E-state index is 0.110. The molecule has 1 amide bonds. The van der Waals surface area contributed by atoms with Crippen molar-refractivity contribution in [1.29, 1.82) is 0 Å². The number of piperidine rings is 1. The monoisotopic (exact) mass is 459 g/mol. The third-order valence-electron chi connectivity index (χ3n) is 6.48. The van der Waals surface area contributed by atoms with Gasteiger partial charge in [0.25, 0.3) is 5.91 Å². The molecule has 0 radical (unpaired) electrons. The number of carbonyl (C=O) groups is 1. The van der Waals surface area contributed by atoms with Crippen LogP contribution in [0.25, 0.3) is 10.6 Å². The number of methoxy groups -OCH3 is 2. The first-order valence-electron chi connectivity index (χ1n) is 11.4. The zero-order valence-electron chi connectivity index (χ0n) is 19.3. The topological polar surface area (TPSA) is 64.1 Å². The van der Waals surface area contributed by atoms with E-state index in [4.69, 9.17) is 14.2 Å². The van der Waals surface area contributed by atoms with Gasteiger partial charge in [-0.05, 0) is 56.8 Å². The number of carbonyl (C=O) groups excluding carboxylic acids is 1. The van der Waals surface area contributed by atoms with Crippen LogP contribution in [0, 0.1) is 12.8 Å². The van der Waals surface area contributed by atoms with E-state index in [1.54, 1.807) is 14.2 Å². The Bertz CT molecular complexity index is 918. The van der Waals surface area contributed by atoms with Crippen LogP contribution >= 0.6 is 11.3 Å². The molecular formula is C24H33N3O4S. The van der Waals surface area contributed by atoms with Crippen molar-refractivity contribution in [3.05, 3.63) is 28.8 Å². The Kier molecular flexibility index (Phi) is 7.65. The van der Waals surface area contributed by atoms with E-state index < -0.39 is 0 Å². The van der Waals surface area contributed by atoms with Crippen LogP contribution in [-0.4, -0.2) is 80.8 Å². The molecule has 1 aromatic carbocycles. The third-order valence-corrected chi connectivity index (χ3v) is 7.67. The van der Waals surface area contributed by atoms with Gasteiger partial charge < -0.3 is 19.1 Å². The Morgan fingerprint density at radius 2 is 1.84 bits per heavy atom. The maximum Gasteiger partial charge on any atom is 0.265 e. The molecule has 2 aliphatic heterocycles. The van der Waals surface area contributed by atoms with Crippen molar-refractivity contribution in [2.24, 2.45) is 5.92 Å². The summed E-state index contributed by atoms with van der Waals surface area (Å²) in [6, 6.07) is 5.73. The van der Waals surface area contributed by atoms with Gasteiger partial charge in [0, 0.05) is 31.7 Å². The van der Waals surface area contributed by atoms with Crippen LogP contribution < -0.4 is 9.47 Å². The lowest BCUT2D eigenvalue weighted by atomic mass is 9.93. The Balaban J connectivity index is 1.35. The predicted molar refractivity (Wildman–Crippen MR) is 126 cm³/mol. The fourth-order valence-electron chi connectivity index (χ4n) is 4.45. The number of amides is 1. The lowest BCUT2D eigenvalue weighted by Gasteiger charge is -2.33. The quantitative estimate of drug-likeness (QED) is 0.629. The van der Waals surface area contributed by atoms with Gasteiger partial charge in [-0.1, -0.05) is 0 Å². The maximum atomic E-state index is 13.2. The van der Waals surface area contributed by atoms with Gasteiger partial charge in [0.1, 0.15) is 9.88 Å². The zero-order valence-corrected chi connectivity index (χ0v) is 20.1. The summed E-state index contributed by atoms with van der Waals surface area (Å²) in [6.07, 6.45) is 3.37. The van der Waals surface area contributed by atoms with Crippen molar-refractivity contribution in [2.75, 3.05) is 60.2 Å². The fourth-order valence-corrected chi connectivity index (χ4v) is 5.48. The number of hydrogen-bond donors (Lipinski definition) is 0. The molecule has 8 heteroatoms. The standard InChI is InChI=1S/C24H33N3O4S/c1-17-22(32-23(25-17)19-4-5-20(29-2)21(16-19)30-3)24(28)27-10-7-18(8-11-27)6-9-26-12-14-31-15-13-26/h4-5,16,18H,6-15H2,1-3H3. The highest BCUT2D eigenvalue weighted by molar-refractivity contribution is 7.17. The molecule has 0 aliphatic carbocycles. The molecule has 0 spiro atoms. The van der Waals surface area contributed by atoms with Gasteiger partial charge in [-0.2, -0.15) is 0 Å². The molecule has 2 saturated heterocycles. The van der Waals surface area contributed by atoms with Crippen molar-refractivity contribution in [3.8, 4) is 22.1 Å². The summed E-state index contributed by atoms with van der Waals surface area (Å²) in [5.41, 5.74) is 1.72. The minimum absolute atomic E-state index is 0.110. The van der Waals surface area contributed by atoms with Crippen LogP contribution in [0.5, 0.6) is 11.5 Å². The van der Waals surface area contributed by atoms with Crippen LogP contribution in [-0.2, 0) is 4.74 Å². The average molecular weight is 460 g/mol. The number of benzene rings is 1. The molecule has 2 aliphatic rings. The molecule has 4 rings (SSSR count). The lowest BCUT2D eigenvalue weighted by molar-refractivity contribution is 0.0332. The van der Waals surface area contributed by atoms with Crippen molar-refractivity contribution in [2.45, 2.75) is 26.2 Å². The normalized spacial score (nSPS) is 18.0. The number of hydrogen-bond acceptors (Lipinski definition) is 7. The van der Waals surface area contributed by atoms with Crippen LogP contribution in [0.1, 0.15) is 34.6 Å². The number of aryl methyl sites for hydroxylation is 1. The summed E-state index contributed by atoms with van der Waals surface area (Å²) in [7, 11) is 3.24. The molecule has 174 valence electrons. The summed E-state index contributed by atoms with van der Waals surface area (Å²) < 4.78 is 16.2. The summed E-state index contributed by atoms with van der Waals surface area (Å²) in [6.45, 7) is 8.52. The number of rotatable bonds is 7. The second kappa shape index (κ2) is 10.6. The Hall–Kier alpha value is -2.16. The number of nitrogens with zero attached hydrogens (tertiary/aromatic N) is 3. The molecule has 0 unspecified atom stereocenters. The van der Waals surface area contributed by atoms with E-state index in [2.05, 4.69) is 9.88 Å². The summed E-state index contributed by atoms with van der Waals surface area (Å²) in [4.78, 5) is 23.2.